The molecule has 1 rings (SSSR count). The Morgan fingerprint density at radius 3 is 2.80 bits per heavy atom. The van der Waals surface area contributed by atoms with E-state index in [4.69, 9.17) is 9.47 Å². The zero-order valence-electron chi connectivity index (χ0n) is 8.70. The van der Waals surface area contributed by atoms with Crippen LogP contribution < -0.4 is 10.1 Å². The minimum absolute atomic E-state index is 0.0947. The summed E-state index contributed by atoms with van der Waals surface area (Å²) in [5.74, 6) is 0.588. The lowest BCUT2D eigenvalue weighted by molar-refractivity contribution is 0.140. The van der Waals surface area contributed by atoms with Crippen molar-refractivity contribution in [2.75, 3.05) is 14.2 Å². The zero-order chi connectivity index (χ0) is 11.4. The molecule has 0 atom stereocenters. The third-order valence-electron chi connectivity index (χ3n) is 1.74. The van der Waals surface area contributed by atoms with Gasteiger partial charge in [-0.2, -0.15) is 5.10 Å². The normalized spacial score (nSPS) is 9.87. The number of hydrogen-bond acceptors (Lipinski definition) is 4. The largest absolute Gasteiger partial charge is 0.480 e. The highest BCUT2D eigenvalue weighted by Crippen LogP contribution is 2.27. The maximum atomic E-state index is 10.8. The van der Waals surface area contributed by atoms with Crippen molar-refractivity contribution in [2.24, 2.45) is 7.05 Å². The van der Waals surface area contributed by atoms with Crippen molar-refractivity contribution in [3.8, 4) is 5.88 Å². The molecule has 1 aromatic heterocycles. The fourth-order valence-electron chi connectivity index (χ4n) is 1.06. The standard InChI is InChI=1S/C8H12BrN3O3/c1-10-8(13)15-4-5-6(9)7(14-3)12(2)11-5/h4H2,1-3H3,(H,10,13). The van der Waals surface area contributed by atoms with Crippen molar-refractivity contribution < 1.29 is 14.3 Å². The lowest BCUT2D eigenvalue weighted by Crippen LogP contribution is -2.19. The Morgan fingerprint density at radius 1 is 1.67 bits per heavy atom. The van der Waals surface area contributed by atoms with E-state index in [1.54, 1.807) is 18.8 Å². The molecule has 0 saturated heterocycles. The van der Waals surface area contributed by atoms with E-state index < -0.39 is 6.09 Å². The number of nitrogens with zero attached hydrogens (tertiary/aromatic N) is 2. The van der Waals surface area contributed by atoms with Crippen molar-refractivity contribution in [1.82, 2.24) is 15.1 Å². The van der Waals surface area contributed by atoms with Gasteiger partial charge >= 0.3 is 6.09 Å². The van der Waals surface area contributed by atoms with Gasteiger partial charge in [-0.1, -0.05) is 0 Å². The first kappa shape index (κ1) is 11.8. The number of rotatable bonds is 3. The summed E-state index contributed by atoms with van der Waals surface area (Å²) in [6.07, 6.45) is -0.494. The first-order valence-electron chi connectivity index (χ1n) is 4.20. The molecule has 0 radical (unpaired) electrons. The minimum Gasteiger partial charge on any atom is -0.480 e. The first-order chi connectivity index (χ1) is 7.10. The third-order valence-corrected chi connectivity index (χ3v) is 2.54. The van der Waals surface area contributed by atoms with E-state index in [1.165, 1.54) is 7.05 Å². The number of nitrogens with one attached hydrogen (secondary N) is 1. The molecule has 0 aliphatic heterocycles. The van der Waals surface area contributed by atoms with E-state index in [0.29, 0.717) is 16.0 Å². The van der Waals surface area contributed by atoms with Crippen molar-refractivity contribution >= 4 is 22.0 Å². The zero-order valence-corrected chi connectivity index (χ0v) is 10.3. The second-order valence-electron chi connectivity index (χ2n) is 2.72. The van der Waals surface area contributed by atoms with Crippen LogP contribution in [0.15, 0.2) is 4.47 Å². The smallest absolute Gasteiger partial charge is 0.407 e. The Labute approximate surface area is 95.7 Å². The molecular weight excluding hydrogens is 266 g/mol. The predicted molar refractivity (Wildman–Crippen MR) is 56.7 cm³/mol. The molecule has 84 valence electrons. The molecule has 0 aliphatic carbocycles. The monoisotopic (exact) mass is 277 g/mol. The van der Waals surface area contributed by atoms with E-state index in [-0.39, 0.29) is 6.61 Å². The average Bonchev–Trinajstić information content (AvgIpc) is 2.50. The second-order valence-corrected chi connectivity index (χ2v) is 3.51. The molecule has 1 heterocycles. The number of alkyl carbamates (subject to hydrolysis) is 1. The van der Waals surface area contributed by atoms with Crippen LogP contribution in [0.4, 0.5) is 4.79 Å². The summed E-state index contributed by atoms with van der Waals surface area (Å²) >= 11 is 3.31. The summed E-state index contributed by atoms with van der Waals surface area (Å²) in [7, 11) is 4.79. The molecule has 15 heavy (non-hydrogen) atoms. The van der Waals surface area contributed by atoms with Crippen LogP contribution in [-0.2, 0) is 18.4 Å². The number of aryl methyl sites for hydroxylation is 1. The Morgan fingerprint density at radius 2 is 2.33 bits per heavy atom. The van der Waals surface area contributed by atoms with Crippen LogP contribution in [0, 0.1) is 0 Å². The van der Waals surface area contributed by atoms with Crippen LogP contribution in [0.3, 0.4) is 0 Å². The number of carbonyl (C=O) groups excluding carboxylic acids is 1. The number of ether oxygens (including phenoxy) is 2. The highest BCUT2D eigenvalue weighted by molar-refractivity contribution is 9.10. The van der Waals surface area contributed by atoms with Crippen molar-refractivity contribution in [1.29, 1.82) is 0 Å². The summed E-state index contributed by atoms with van der Waals surface area (Å²) in [5.41, 5.74) is 0.609. The van der Waals surface area contributed by atoms with Gasteiger partial charge in [0, 0.05) is 14.1 Å². The molecule has 1 amide bonds. The van der Waals surface area contributed by atoms with Gasteiger partial charge in [0.15, 0.2) is 0 Å². The van der Waals surface area contributed by atoms with Gasteiger partial charge in [0.1, 0.15) is 16.8 Å². The van der Waals surface area contributed by atoms with E-state index in [9.17, 15) is 4.79 Å². The van der Waals surface area contributed by atoms with Gasteiger partial charge in [-0.3, -0.25) is 0 Å². The van der Waals surface area contributed by atoms with E-state index in [1.807, 2.05) is 0 Å². The topological polar surface area (TPSA) is 65.4 Å². The van der Waals surface area contributed by atoms with Gasteiger partial charge in [-0.05, 0) is 15.9 Å². The molecule has 0 bridgehead atoms. The van der Waals surface area contributed by atoms with Crippen molar-refractivity contribution in [3.63, 3.8) is 0 Å². The van der Waals surface area contributed by atoms with Crippen LogP contribution in [0.25, 0.3) is 0 Å². The number of amides is 1. The maximum absolute atomic E-state index is 10.8. The predicted octanol–water partition coefficient (Wildman–Crippen LogP) is 1.05. The molecule has 0 spiro atoms. The lowest BCUT2D eigenvalue weighted by atomic mass is 10.4. The molecule has 1 aromatic rings. The Bertz CT molecular complexity index is 364. The lowest BCUT2D eigenvalue weighted by Gasteiger charge is -2.01. The van der Waals surface area contributed by atoms with Gasteiger partial charge in [0.25, 0.3) is 0 Å². The van der Waals surface area contributed by atoms with E-state index in [2.05, 4.69) is 26.3 Å². The van der Waals surface area contributed by atoms with Crippen molar-refractivity contribution in [2.45, 2.75) is 6.61 Å². The van der Waals surface area contributed by atoms with E-state index in [0.717, 1.165) is 0 Å². The number of carbonyl (C=O) groups is 1. The molecule has 1 N–H and O–H groups in total. The van der Waals surface area contributed by atoms with Crippen LogP contribution in [-0.4, -0.2) is 30.0 Å². The van der Waals surface area contributed by atoms with Crippen LogP contribution >= 0.6 is 15.9 Å². The Hall–Kier alpha value is -1.24. The minimum atomic E-state index is -0.494. The van der Waals surface area contributed by atoms with Crippen LogP contribution in [0.2, 0.25) is 0 Å². The average molecular weight is 278 g/mol. The summed E-state index contributed by atoms with van der Waals surface area (Å²) in [6.45, 7) is 0.0947. The van der Waals surface area contributed by atoms with Gasteiger partial charge < -0.3 is 14.8 Å². The van der Waals surface area contributed by atoms with Gasteiger partial charge in [-0.25, -0.2) is 9.48 Å². The van der Waals surface area contributed by atoms with Gasteiger partial charge in [0.05, 0.1) is 7.11 Å². The number of halogens is 1. The fourth-order valence-corrected chi connectivity index (χ4v) is 1.67. The Kier molecular flexibility index (Phi) is 3.96. The second kappa shape index (κ2) is 5.01. The fraction of sp³-hybridized carbons (Fsp3) is 0.500. The van der Waals surface area contributed by atoms with E-state index >= 15 is 0 Å². The molecule has 0 unspecified atom stereocenters. The summed E-state index contributed by atoms with van der Waals surface area (Å²) in [5, 5.41) is 6.47. The molecule has 0 aliphatic rings. The highest BCUT2D eigenvalue weighted by Gasteiger charge is 2.15. The molecule has 6 nitrogen and oxygen atoms in total. The van der Waals surface area contributed by atoms with Gasteiger partial charge in [-0.15, -0.1) is 0 Å². The number of aromatic nitrogens is 2. The molecule has 0 fully saturated rings. The molecule has 0 saturated carbocycles. The SMILES string of the molecule is CNC(=O)OCc1nn(C)c(OC)c1Br. The molecule has 7 heteroatoms. The molecule has 0 aromatic carbocycles. The first-order valence-corrected chi connectivity index (χ1v) is 4.99. The summed E-state index contributed by atoms with van der Waals surface area (Å²) < 4.78 is 12.2. The van der Waals surface area contributed by atoms with Crippen LogP contribution in [0.5, 0.6) is 5.88 Å². The van der Waals surface area contributed by atoms with Gasteiger partial charge in [0.2, 0.25) is 5.88 Å². The third kappa shape index (κ3) is 2.62. The van der Waals surface area contributed by atoms with Crippen molar-refractivity contribution in [3.05, 3.63) is 10.2 Å². The number of methoxy groups -OCH3 is 1. The van der Waals surface area contributed by atoms with Crippen LogP contribution in [0.1, 0.15) is 5.69 Å². The quantitative estimate of drug-likeness (QED) is 0.897. The maximum Gasteiger partial charge on any atom is 0.407 e. The molecular formula is C8H12BrN3O3. The summed E-state index contributed by atoms with van der Waals surface area (Å²) in [4.78, 5) is 10.8. The highest BCUT2D eigenvalue weighted by atomic mass is 79.9. The summed E-state index contributed by atoms with van der Waals surface area (Å²) in [6, 6.07) is 0. The Balaban J connectivity index is 2.74. The number of hydrogen-bond donors (Lipinski definition) is 1.